The van der Waals surface area contributed by atoms with Crippen LogP contribution in [-0.2, 0) is 0 Å². The van der Waals surface area contributed by atoms with Crippen LogP contribution in [0.15, 0.2) is 34.4 Å². The van der Waals surface area contributed by atoms with Crippen LogP contribution in [0, 0.1) is 28.1 Å². The maximum Gasteiger partial charge on any atom is 0.0631 e. The van der Waals surface area contributed by atoms with Gasteiger partial charge in [0.1, 0.15) is 0 Å². The number of rotatable bonds is 6. The number of aliphatic hydroxyl groups excluding tert-OH is 1. The molecule has 0 saturated heterocycles. The van der Waals surface area contributed by atoms with Crippen molar-refractivity contribution in [2.75, 3.05) is 0 Å². The lowest BCUT2D eigenvalue weighted by Crippen LogP contribution is -2.41. The lowest BCUT2D eigenvalue weighted by molar-refractivity contribution is 0.00849. The van der Waals surface area contributed by atoms with Crippen molar-refractivity contribution in [2.45, 2.75) is 126 Å². The van der Waals surface area contributed by atoms with Crippen molar-refractivity contribution in [2.24, 2.45) is 28.1 Å². The van der Waals surface area contributed by atoms with Crippen LogP contribution in [0.2, 0.25) is 0 Å². The third kappa shape index (κ3) is 5.40. The summed E-state index contributed by atoms with van der Waals surface area (Å²) in [6, 6.07) is 0. The van der Waals surface area contributed by atoms with Crippen molar-refractivity contribution in [3.8, 4) is 0 Å². The van der Waals surface area contributed by atoms with E-state index < -0.39 is 0 Å². The van der Waals surface area contributed by atoms with Gasteiger partial charge in [0.25, 0.3) is 0 Å². The average Bonchev–Trinajstić information content (AvgIpc) is 2.68. The molecule has 0 heterocycles. The largest absolute Gasteiger partial charge is 0.392 e. The Balaban J connectivity index is 1.60. The van der Waals surface area contributed by atoms with Gasteiger partial charge < -0.3 is 5.11 Å². The first-order valence-electron chi connectivity index (χ1n) is 13.0. The lowest BCUT2D eigenvalue weighted by Gasteiger charge is -2.52. The molecule has 31 heavy (non-hydrogen) atoms. The van der Waals surface area contributed by atoms with Crippen molar-refractivity contribution in [3.63, 3.8) is 0 Å². The Bertz CT molecular complexity index is 746. The van der Waals surface area contributed by atoms with Crippen LogP contribution in [0.1, 0.15) is 120 Å². The zero-order valence-electron chi connectivity index (χ0n) is 21.9. The second kappa shape index (κ2) is 9.20. The van der Waals surface area contributed by atoms with E-state index in [4.69, 9.17) is 0 Å². The fourth-order valence-electron chi connectivity index (χ4n) is 6.97. The van der Waals surface area contributed by atoms with E-state index in [9.17, 15) is 5.11 Å². The van der Waals surface area contributed by atoms with Gasteiger partial charge in [-0.25, -0.2) is 0 Å². The van der Waals surface area contributed by atoms with E-state index in [1.807, 2.05) is 0 Å². The molecule has 3 aliphatic rings. The van der Waals surface area contributed by atoms with Gasteiger partial charge in [-0.2, -0.15) is 0 Å². The van der Waals surface area contributed by atoms with Gasteiger partial charge in [0.2, 0.25) is 0 Å². The summed E-state index contributed by atoms with van der Waals surface area (Å²) in [5.41, 5.74) is 7.55. The number of hydrogen-bond donors (Lipinski definition) is 1. The number of allylic oxidation sites excluding steroid dienone is 5. The van der Waals surface area contributed by atoms with E-state index >= 15 is 0 Å². The van der Waals surface area contributed by atoms with Gasteiger partial charge in [-0.15, -0.1) is 0 Å². The fraction of sp³-hybridized carbons (Fsp3) is 0.800. The van der Waals surface area contributed by atoms with E-state index in [2.05, 4.69) is 67.5 Å². The van der Waals surface area contributed by atoms with E-state index in [1.165, 1.54) is 56.1 Å². The van der Waals surface area contributed by atoms with Crippen molar-refractivity contribution in [3.05, 3.63) is 34.4 Å². The van der Waals surface area contributed by atoms with Crippen molar-refractivity contribution in [1.82, 2.24) is 0 Å². The summed E-state index contributed by atoms with van der Waals surface area (Å²) >= 11 is 0. The van der Waals surface area contributed by atoms with Gasteiger partial charge in [-0.1, -0.05) is 69.1 Å². The molecule has 1 fully saturated rings. The topological polar surface area (TPSA) is 20.2 Å². The third-order valence-electron chi connectivity index (χ3n) is 9.71. The number of aliphatic hydroxyl groups is 1. The Kier molecular flexibility index (Phi) is 7.37. The highest BCUT2D eigenvalue weighted by Gasteiger charge is 2.46. The van der Waals surface area contributed by atoms with E-state index in [1.54, 1.807) is 11.1 Å². The summed E-state index contributed by atoms with van der Waals surface area (Å²) < 4.78 is 0. The molecule has 1 N–H and O–H groups in total. The summed E-state index contributed by atoms with van der Waals surface area (Å²) in [4.78, 5) is 0. The Morgan fingerprint density at radius 2 is 1.81 bits per heavy atom. The Morgan fingerprint density at radius 1 is 1.10 bits per heavy atom. The fourth-order valence-corrected chi connectivity index (χ4v) is 6.97. The molecular formula is C30H50O. The summed E-state index contributed by atoms with van der Waals surface area (Å²) in [7, 11) is 0. The predicted molar refractivity (Wildman–Crippen MR) is 135 cm³/mol. The van der Waals surface area contributed by atoms with Crippen molar-refractivity contribution in [1.29, 1.82) is 0 Å². The van der Waals surface area contributed by atoms with Gasteiger partial charge in [0.05, 0.1) is 6.10 Å². The summed E-state index contributed by atoms with van der Waals surface area (Å²) in [5.74, 6) is 1.30. The molecule has 0 unspecified atom stereocenters. The first-order valence-corrected chi connectivity index (χ1v) is 13.0. The van der Waals surface area contributed by atoms with Gasteiger partial charge >= 0.3 is 0 Å². The molecule has 1 nitrogen and oxygen atoms in total. The molecule has 0 spiro atoms. The molecule has 0 radical (unpaired) electrons. The minimum absolute atomic E-state index is 0.0125. The SMILES string of the molecule is CC1=CC[C@H](O)C(C)(C)[C@@H]1CC/C(C)=C/CCC1=C(C)CC[C@@]2(C)CCC(C)(C)C[C@@H]12. The molecule has 0 amide bonds. The van der Waals surface area contributed by atoms with E-state index in [0.717, 1.165) is 25.2 Å². The van der Waals surface area contributed by atoms with Crippen LogP contribution in [0.25, 0.3) is 0 Å². The summed E-state index contributed by atoms with van der Waals surface area (Å²) in [6.07, 6.45) is 17.0. The zero-order valence-corrected chi connectivity index (χ0v) is 21.9. The maximum atomic E-state index is 10.5. The Hall–Kier alpha value is -0.820. The predicted octanol–water partition coefficient (Wildman–Crippen LogP) is 8.79. The van der Waals surface area contributed by atoms with Crippen LogP contribution < -0.4 is 0 Å². The molecule has 1 heteroatoms. The first-order chi connectivity index (χ1) is 14.4. The summed E-state index contributed by atoms with van der Waals surface area (Å²) in [5, 5.41) is 10.5. The third-order valence-corrected chi connectivity index (χ3v) is 9.71. The van der Waals surface area contributed by atoms with Gasteiger partial charge in [0.15, 0.2) is 0 Å². The average molecular weight is 427 g/mol. The maximum absolute atomic E-state index is 10.5. The molecule has 3 rings (SSSR count). The highest BCUT2D eigenvalue weighted by atomic mass is 16.3. The standard InChI is InChI=1S/C30H50O/c1-21(12-14-25-23(3)13-15-27(31)29(25,6)7)10-9-11-24-22(2)16-17-30(8)19-18-28(4,5)20-26(24)30/h10,13,25-27,31H,9,11-12,14-20H2,1-8H3/b21-10+/t25-,26+,27+,30+/m1/s1. The molecule has 0 aromatic rings. The minimum Gasteiger partial charge on any atom is -0.392 e. The van der Waals surface area contributed by atoms with Crippen LogP contribution >= 0.6 is 0 Å². The Morgan fingerprint density at radius 3 is 2.52 bits per heavy atom. The smallest absolute Gasteiger partial charge is 0.0631 e. The lowest BCUT2D eigenvalue weighted by atomic mass is 9.53. The quantitative estimate of drug-likeness (QED) is 0.421. The highest BCUT2D eigenvalue weighted by molar-refractivity contribution is 5.25. The second-order valence-electron chi connectivity index (χ2n) is 13.1. The van der Waals surface area contributed by atoms with Crippen LogP contribution in [0.4, 0.5) is 0 Å². The zero-order chi connectivity index (χ0) is 23.0. The second-order valence-corrected chi connectivity index (χ2v) is 13.1. The van der Waals surface area contributed by atoms with Gasteiger partial charge in [-0.05, 0) is 113 Å². The Labute approximate surface area is 193 Å². The van der Waals surface area contributed by atoms with Crippen LogP contribution in [-0.4, -0.2) is 11.2 Å². The van der Waals surface area contributed by atoms with Gasteiger partial charge in [0, 0.05) is 0 Å². The van der Waals surface area contributed by atoms with E-state index in [-0.39, 0.29) is 11.5 Å². The minimum atomic E-state index is -0.208. The van der Waals surface area contributed by atoms with Crippen molar-refractivity contribution >= 4 is 0 Å². The van der Waals surface area contributed by atoms with Crippen LogP contribution in [0.3, 0.4) is 0 Å². The molecule has 0 aromatic carbocycles. The van der Waals surface area contributed by atoms with Crippen LogP contribution in [0.5, 0.6) is 0 Å². The molecule has 1 saturated carbocycles. The number of fused-ring (bicyclic) bond motifs is 1. The van der Waals surface area contributed by atoms with Gasteiger partial charge in [-0.3, -0.25) is 0 Å². The van der Waals surface area contributed by atoms with Crippen molar-refractivity contribution < 1.29 is 5.11 Å². The summed E-state index contributed by atoms with van der Waals surface area (Å²) in [6.45, 7) is 19.0. The first kappa shape index (κ1) is 24.8. The normalized spacial score (nSPS) is 35.6. The molecule has 0 bridgehead atoms. The molecule has 0 aromatic heterocycles. The monoisotopic (exact) mass is 426 g/mol. The van der Waals surface area contributed by atoms with E-state index in [0.29, 0.717) is 16.7 Å². The molecular weight excluding hydrogens is 376 g/mol. The molecule has 0 aliphatic heterocycles. The molecule has 4 atom stereocenters. The molecule has 3 aliphatic carbocycles. The number of hydrogen-bond acceptors (Lipinski definition) is 1. The highest BCUT2D eigenvalue weighted by Crippen LogP contribution is 2.57. The molecule has 176 valence electrons.